The van der Waals surface area contributed by atoms with Gasteiger partial charge in [0, 0.05) is 13.1 Å². The summed E-state index contributed by atoms with van der Waals surface area (Å²) in [6, 6.07) is 12.2. The summed E-state index contributed by atoms with van der Waals surface area (Å²) in [4.78, 5) is 18.7. The van der Waals surface area contributed by atoms with Crippen LogP contribution in [0.5, 0.6) is 0 Å². The second-order valence-electron chi connectivity index (χ2n) is 6.69. The third kappa shape index (κ3) is 3.32. The van der Waals surface area contributed by atoms with Crippen molar-refractivity contribution in [2.24, 2.45) is 0 Å². The lowest BCUT2D eigenvalue weighted by Crippen LogP contribution is -2.41. The Labute approximate surface area is 150 Å². The van der Waals surface area contributed by atoms with Gasteiger partial charge in [0.15, 0.2) is 0 Å². The highest BCUT2D eigenvalue weighted by molar-refractivity contribution is 5.84. The van der Waals surface area contributed by atoms with Gasteiger partial charge in [0.2, 0.25) is 5.91 Å². The quantitative estimate of drug-likeness (QED) is 0.788. The summed E-state index contributed by atoms with van der Waals surface area (Å²) in [6.07, 6.45) is 2.66. The molecule has 3 aromatic rings. The zero-order chi connectivity index (χ0) is 18.1. The summed E-state index contributed by atoms with van der Waals surface area (Å²) in [5.74, 6) is -0.221. The summed E-state index contributed by atoms with van der Waals surface area (Å²) < 4.78 is 14.9. The maximum absolute atomic E-state index is 13.1. The van der Waals surface area contributed by atoms with Crippen LogP contribution in [0, 0.1) is 5.82 Å². The van der Waals surface area contributed by atoms with Gasteiger partial charge < -0.3 is 14.6 Å². The van der Waals surface area contributed by atoms with E-state index in [1.165, 1.54) is 12.1 Å². The van der Waals surface area contributed by atoms with E-state index < -0.39 is 0 Å². The largest absolute Gasteiger partial charge is 0.393 e. The predicted octanol–water partition coefficient (Wildman–Crippen LogP) is 2.83. The van der Waals surface area contributed by atoms with Crippen molar-refractivity contribution >= 4 is 16.9 Å². The number of fused-ring (bicyclic) bond motifs is 1. The standard InChI is InChI=1S/C20H20FN3O2/c21-16-4-1-14(2-5-16)15-3-6-19-18(11-15)22-13-24(19)12-20(26)23-9-7-17(25)8-10-23/h1-6,11,13,17,25H,7-10,12H2. The Hall–Kier alpha value is -2.73. The highest BCUT2D eigenvalue weighted by Crippen LogP contribution is 2.24. The zero-order valence-electron chi connectivity index (χ0n) is 14.3. The van der Waals surface area contributed by atoms with Crippen molar-refractivity contribution in [3.8, 4) is 11.1 Å². The molecule has 0 spiro atoms. The molecule has 26 heavy (non-hydrogen) atoms. The van der Waals surface area contributed by atoms with Crippen molar-refractivity contribution in [1.82, 2.24) is 14.5 Å². The van der Waals surface area contributed by atoms with Crippen molar-refractivity contribution in [1.29, 1.82) is 0 Å². The van der Waals surface area contributed by atoms with Crippen LogP contribution in [0.2, 0.25) is 0 Å². The molecule has 134 valence electrons. The van der Waals surface area contributed by atoms with E-state index in [9.17, 15) is 14.3 Å². The maximum Gasteiger partial charge on any atom is 0.242 e. The third-order valence-corrected chi connectivity index (χ3v) is 4.92. The number of nitrogens with zero attached hydrogens (tertiary/aromatic N) is 3. The van der Waals surface area contributed by atoms with E-state index in [-0.39, 0.29) is 24.4 Å². The molecule has 5 nitrogen and oxygen atoms in total. The first kappa shape index (κ1) is 16.7. The number of carbonyl (C=O) groups excluding carboxylic acids is 1. The second kappa shape index (κ2) is 6.88. The Kier molecular flexibility index (Phi) is 4.42. The summed E-state index contributed by atoms with van der Waals surface area (Å²) in [5, 5.41) is 9.57. The molecule has 0 aliphatic carbocycles. The first-order valence-corrected chi connectivity index (χ1v) is 8.77. The molecule has 0 unspecified atom stereocenters. The van der Waals surface area contributed by atoms with Crippen LogP contribution in [0.25, 0.3) is 22.2 Å². The number of halogens is 1. The zero-order valence-corrected chi connectivity index (χ0v) is 14.3. The summed E-state index contributed by atoms with van der Waals surface area (Å²) >= 11 is 0. The number of piperidine rings is 1. The predicted molar refractivity (Wildman–Crippen MR) is 96.9 cm³/mol. The molecule has 1 aromatic heterocycles. The number of aliphatic hydroxyl groups is 1. The minimum Gasteiger partial charge on any atom is -0.393 e. The van der Waals surface area contributed by atoms with Gasteiger partial charge in [0.1, 0.15) is 12.4 Å². The van der Waals surface area contributed by atoms with Gasteiger partial charge in [-0.25, -0.2) is 9.37 Å². The Balaban J connectivity index is 1.54. The lowest BCUT2D eigenvalue weighted by molar-refractivity contribution is -0.133. The van der Waals surface area contributed by atoms with Crippen LogP contribution in [0.1, 0.15) is 12.8 Å². The molecule has 2 heterocycles. The highest BCUT2D eigenvalue weighted by Gasteiger charge is 2.21. The molecule has 1 aliphatic heterocycles. The molecular formula is C20H20FN3O2. The summed E-state index contributed by atoms with van der Waals surface area (Å²) in [6.45, 7) is 1.44. The Morgan fingerprint density at radius 3 is 2.54 bits per heavy atom. The smallest absolute Gasteiger partial charge is 0.242 e. The molecule has 0 bridgehead atoms. The van der Waals surface area contributed by atoms with Gasteiger partial charge in [-0.1, -0.05) is 18.2 Å². The van der Waals surface area contributed by atoms with Crippen LogP contribution >= 0.6 is 0 Å². The Morgan fingerprint density at radius 2 is 1.81 bits per heavy atom. The molecule has 1 aliphatic rings. The molecule has 0 atom stereocenters. The van der Waals surface area contributed by atoms with Gasteiger partial charge in [-0.15, -0.1) is 0 Å². The molecule has 2 aromatic carbocycles. The number of benzene rings is 2. The fraction of sp³-hybridized carbons (Fsp3) is 0.300. The lowest BCUT2D eigenvalue weighted by atomic mass is 10.1. The van der Waals surface area contributed by atoms with E-state index in [1.54, 1.807) is 23.4 Å². The van der Waals surface area contributed by atoms with E-state index >= 15 is 0 Å². The van der Waals surface area contributed by atoms with Crippen molar-refractivity contribution < 1.29 is 14.3 Å². The highest BCUT2D eigenvalue weighted by atomic mass is 19.1. The summed E-state index contributed by atoms with van der Waals surface area (Å²) in [5.41, 5.74) is 3.57. The molecule has 4 rings (SSSR count). The average molecular weight is 353 g/mol. The number of rotatable bonds is 3. The van der Waals surface area contributed by atoms with Gasteiger partial charge in [-0.05, 0) is 48.2 Å². The Bertz CT molecular complexity index is 928. The molecule has 0 saturated carbocycles. The van der Waals surface area contributed by atoms with E-state index in [1.807, 2.05) is 22.8 Å². The average Bonchev–Trinajstić information content (AvgIpc) is 3.05. The number of amides is 1. The monoisotopic (exact) mass is 353 g/mol. The molecule has 6 heteroatoms. The molecule has 0 radical (unpaired) electrons. The summed E-state index contributed by atoms with van der Waals surface area (Å²) in [7, 11) is 0. The second-order valence-corrected chi connectivity index (χ2v) is 6.69. The van der Waals surface area contributed by atoms with Gasteiger partial charge in [0.05, 0.1) is 23.5 Å². The molecule has 1 N–H and O–H groups in total. The van der Waals surface area contributed by atoms with Gasteiger partial charge in [0.25, 0.3) is 0 Å². The van der Waals surface area contributed by atoms with Crippen LogP contribution in [-0.4, -0.2) is 44.7 Å². The number of aromatic nitrogens is 2. The van der Waals surface area contributed by atoms with Crippen molar-refractivity contribution in [3.05, 3.63) is 54.6 Å². The number of likely N-dealkylation sites (tertiary alicyclic amines) is 1. The van der Waals surface area contributed by atoms with Crippen molar-refractivity contribution in [2.75, 3.05) is 13.1 Å². The van der Waals surface area contributed by atoms with Gasteiger partial charge in [-0.3, -0.25) is 4.79 Å². The van der Waals surface area contributed by atoms with Gasteiger partial charge in [-0.2, -0.15) is 0 Å². The lowest BCUT2D eigenvalue weighted by Gasteiger charge is -2.29. The van der Waals surface area contributed by atoms with Crippen LogP contribution in [0.15, 0.2) is 48.8 Å². The SMILES string of the molecule is O=C(Cn1cnc2cc(-c3ccc(F)cc3)ccc21)N1CCC(O)CC1. The Morgan fingerprint density at radius 1 is 1.12 bits per heavy atom. The van der Waals surface area contributed by atoms with Crippen LogP contribution in [-0.2, 0) is 11.3 Å². The van der Waals surface area contributed by atoms with E-state index in [0.29, 0.717) is 25.9 Å². The minimum atomic E-state index is -0.294. The number of imidazole rings is 1. The fourth-order valence-electron chi connectivity index (χ4n) is 3.37. The minimum absolute atomic E-state index is 0.0406. The normalized spacial score (nSPS) is 15.5. The third-order valence-electron chi connectivity index (χ3n) is 4.92. The van der Waals surface area contributed by atoms with Gasteiger partial charge >= 0.3 is 0 Å². The van der Waals surface area contributed by atoms with E-state index in [0.717, 1.165) is 22.2 Å². The van der Waals surface area contributed by atoms with Crippen LogP contribution in [0.4, 0.5) is 4.39 Å². The first-order chi connectivity index (χ1) is 12.6. The number of aliphatic hydroxyl groups excluding tert-OH is 1. The molecule has 1 fully saturated rings. The number of hydrogen-bond acceptors (Lipinski definition) is 3. The number of hydrogen-bond donors (Lipinski definition) is 1. The van der Waals surface area contributed by atoms with Crippen molar-refractivity contribution in [2.45, 2.75) is 25.5 Å². The molecule has 1 saturated heterocycles. The number of carbonyl (C=O) groups is 1. The molecular weight excluding hydrogens is 333 g/mol. The molecule has 1 amide bonds. The van der Waals surface area contributed by atoms with Crippen LogP contribution in [0.3, 0.4) is 0 Å². The fourth-order valence-corrected chi connectivity index (χ4v) is 3.37. The van der Waals surface area contributed by atoms with Crippen LogP contribution < -0.4 is 0 Å². The topological polar surface area (TPSA) is 58.4 Å². The van der Waals surface area contributed by atoms with Crippen molar-refractivity contribution in [3.63, 3.8) is 0 Å². The van der Waals surface area contributed by atoms with E-state index in [4.69, 9.17) is 0 Å². The van der Waals surface area contributed by atoms with E-state index in [2.05, 4.69) is 4.98 Å². The first-order valence-electron chi connectivity index (χ1n) is 8.77. The maximum atomic E-state index is 13.1.